The minimum absolute atomic E-state index is 0.00777. The van der Waals surface area contributed by atoms with Gasteiger partial charge in [-0.3, -0.25) is 0 Å². The van der Waals surface area contributed by atoms with Crippen LogP contribution in [0.15, 0.2) is 57.9 Å². The first kappa shape index (κ1) is 21.6. The number of hydrogen-bond donors (Lipinski definition) is 0. The first-order valence-electron chi connectivity index (χ1n) is 10.2. The van der Waals surface area contributed by atoms with Gasteiger partial charge in [0.25, 0.3) is 5.89 Å². The summed E-state index contributed by atoms with van der Waals surface area (Å²) in [4.78, 5) is 4.38. The second-order valence-corrected chi connectivity index (χ2v) is 9.45. The smallest absolute Gasteiger partial charge is 0.257 e. The molecule has 7 nitrogen and oxygen atoms in total. The Balaban J connectivity index is 1.34. The molecule has 2 aromatic carbocycles. The maximum atomic E-state index is 13.6. The minimum Gasteiger partial charge on any atom is -0.376 e. The van der Waals surface area contributed by atoms with Crippen LogP contribution in [0.4, 0.5) is 4.39 Å². The zero-order valence-electron chi connectivity index (χ0n) is 17.2. The number of hydrogen-bond acceptors (Lipinski definition) is 6. The van der Waals surface area contributed by atoms with E-state index in [1.165, 1.54) is 16.4 Å². The number of halogens is 1. The standard InChI is InChI=1S/C22H24FN3O4S/c1-16-9-10-18(23)14-20(16)31(27,28)26-12-5-8-19(15-26)29-13-11-21-24-22(30-25-21)17-6-3-2-4-7-17/h2-4,6-7,9-10,14,19H,5,8,11-13,15H2,1H3. The highest BCUT2D eigenvalue weighted by atomic mass is 32.2. The highest BCUT2D eigenvalue weighted by Gasteiger charge is 2.32. The van der Waals surface area contributed by atoms with Gasteiger partial charge in [-0.15, -0.1) is 0 Å². The Morgan fingerprint density at radius 1 is 1.23 bits per heavy atom. The molecule has 164 valence electrons. The van der Waals surface area contributed by atoms with E-state index in [1.807, 2.05) is 30.3 Å². The number of rotatable bonds is 7. The largest absolute Gasteiger partial charge is 0.376 e. The van der Waals surface area contributed by atoms with Crippen LogP contribution in [0.2, 0.25) is 0 Å². The highest BCUT2D eigenvalue weighted by molar-refractivity contribution is 7.89. The number of piperidine rings is 1. The SMILES string of the molecule is Cc1ccc(F)cc1S(=O)(=O)N1CCCC(OCCc2noc(-c3ccccc3)n2)C1. The predicted octanol–water partition coefficient (Wildman–Crippen LogP) is 3.60. The number of aryl methyl sites for hydroxylation is 1. The molecular weight excluding hydrogens is 421 g/mol. The Kier molecular flexibility index (Phi) is 6.45. The first-order valence-corrected chi connectivity index (χ1v) is 11.6. The first-order chi connectivity index (χ1) is 14.9. The molecule has 0 saturated carbocycles. The van der Waals surface area contributed by atoms with E-state index in [0.29, 0.717) is 43.3 Å². The summed E-state index contributed by atoms with van der Waals surface area (Å²) < 4.78 is 52.2. The van der Waals surface area contributed by atoms with Crippen LogP contribution in [0, 0.1) is 12.7 Å². The van der Waals surface area contributed by atoms with E-state index in [1.54, 1.807) is 6.92 Å². The van der Waals surface area contributed by atoms with Gasteiger partial charge in [0.05, 0.1) is 17.6 Å². The molecule has 1 aliphatic heterocycles. The lowest BCUT2D eigenvalue weighted by Crippen LogP contribution is -2.43. The quantitative estimate of drug-likeness (QED) is 0.552. The van der Waals surface area contributed by atoms with Crippen molar-refractivity contribution in [3.05, 3.63) is 65.7 Å². The van der Waals surface area contributed by atoms with E-state index in [4.69, 9.17) is 9.26 Å². The lowest BCUT2D eigenvalue weighted by atomic mass is 10.1. The van der Waals surface area contributed by atoms with Crippen LogP contribution in [0.3, 0.4) is 0 Å². The summed E-state index contributed by atoms with van der Waals surface area (Å²) in [6, 6.07) is 13.3. The van der Waals surface area contributed by atoms with Gasteiger partial charge in [-0.2, -0.15) is 9.29 Å². The van der Waals surface area contributed by atoms with Crippen LogP contribution in [-0.2, 0) is 21.2 Å². The van der Waals surface area contributed by atoms with Gasteiger partial charge in [-0.05, 0) is 49.6 Å². The molecular formula is C22H24FN3O4S. The average Bonchev–Trinajstić information content (AvgIpc) is 3.25. The number of ether oxygens (including phenoxy) is 1. The van der Waals surface area contributed by atoms with Crippen LogP contribution < -0.4 is 0 Å². The Labute approximate surface area is 180 Å². The number of sulfonamides is 1. The number of nitrogens with zero attached hydrogens (tertiary/aromatic N) is 3. The number of benzene rings is 2. The molecule has 0 bridgehead atoms. The third-order valence-electron chi connectivity index (χ3n) is 5.28. The summed E-state index contributed by atoms with van der Waals surface area (Å²) in [5.41, 5.74) is 1.37. The Hall–Kier alpha value is -2.62. The summed E-state index contributed by atoms with van der Waals surface area (Å²) in [6.45, 7) is 2.65. The third-order valence-corrected chi connectivity index (χ3v) is 7.28. The topological polar surface area (TPSA) is 85.5 Å². The van der Waals surface area contributed by atoms with Gasteiger partial charge in [0, 0.05) is 25.1 Å². The lowest BCUT2D eigenvalue weighted by Gasteiger charge is -2.32. The van der Waals surface area contributed by atoms with Crippen molar-refractivity contribution in [2.24, 2.45) is 0 Å². The molecule has 1 saturated heterocycles. The van der Waals surface area contributed by atoms with Gasteiger partial charge in [-0.1, -0.05) is 29.4 Å². The fourth-order valence-corrected chi connectivity index (χ4v) is 5.37. The Bertz CT molecular complexity index is 1130. The monoisotopic (exact) mass is 445 g/mol. The molecule has 0 N–H and O–H groups in total. The Morgan fingerprint density at radius 3 is 2.84 bits per heavy atom. The second kappa shape index (κ2) is 9.25. The summed E-state index contributed by atoms with van der Waals surface area (Å²) in [6.07, 6.45) is 1.66. The molecule has 4 rings (SSSR count). The van der Waals surface area contributed by atoms with Crippen molar-refractivity contribution in [2.75, 3.05) is 19.7 Å². The maximum absolute atomic E-state index is 13.6. The fourth-order valence-electron chi connectivity index (χ4n) is 3.62. The van der Waals surface area contributed by atoms with Crippen LogP contribution in [0.1, 0.15) is 24.2 Å². The van der Waals surface area contributed by atoms with E-state index in [0.717, 1.165) is 18.1 Å². The van der Waals surface area contributed by atoms with E-state index in [-0.39, 0.29) is 17.5 Å². The van der Waals surface area contributed by atoms with Gasteiger partial charge in [-0.25, -0.2) is 12.8 Å². The average molecular weight is 446 g/mol. The van der Waals surface area contributed by atoms with E-state index < -0.39 is 15.8 Å². The van der Waals surface area contributed by atoms with Crippen molar-refractivity contribution >= 4 is 10.0 Å². The van der Waals surface area contributed by atoms with Crippen LogP contribution in [0.5, 0.6) is 0 Å². The molecule has 0 aliphatic carbocycles. The summed E-state index contributed by atoms with van der Waals surface area (Å²) in [5, 5.41) is 3.98. The maximum Gasteiger partial charge on any atom is 0.257 e. The van der Waals surface area contributed by atoms with Gasteiger partial charge in [0.15, 0.2) is 5.82 Å². The zero-order chi connectivity index (χ0) is 21.8. The minimum atomic E-state index is -3.78. The summed E-state index contributed by atoms with van der Waals surface area (Å²) in [7, 11) is -3.78. The fraction of sp³-hybridized carbons (Fsp3) is 0.364. The van der Waals surface area contributed by atoms with Crippen molar-refractivity contribution < 1.29 is 22.1 Å². The molecule has 0 spiro atoms. The van der Waals surface area contributed by atoms with Crippen molar-refractivity contribution in [3.8, 4) is 11.5 Å². The molecule has 1 aromatic heterocycles. The molecule has 0 amide bonds. The molecule has 1 fully saturated rings. The van der Waals surface area contributed by atoms with Crippen LogP contribution in [0.25, 0.3) is 11.5 Å². The summed E-state index contributed by atoms with van der Waals surface area (Å²) in [5.74, 6) is 0.425. The molecule has 9 heteroatoms. The molecule has 1 unspecified atom stereocenters. The van der Waals surface area contributed by atoms with Gasteiger partial charge < -0.3 is 9.26 Å². The van der Waals surface area contributed by atoms with Crippen LogP contribution >= 0.6 is 0 Å². The molecule has 2 heterocycles. The third kappa shape index (κ3) is 5.00. The van der Waals surface area contributed by atoms with Crippen molar-refractivity contribution in [3.63, 3.8) is 0 Å². The van der Waals surface area contributed by atoms with E-state index in [2.05, 4.69) is 10.1 Å². The van der Waals surface area contributed by atoms with Gasteiger partial charge >= 0.3 is 0 Å². The van der Waals surface area contributed by atoms with Crippen LogP contribution in [-0.4, -0.2) is 48.7 Å². The normalized spacial score (nSPS) is 17.7. The van der Waals surface area contributed by atoms with Crippen molar-refractivity contribution in [1.29, 1.82) is 0 Å². The van der Waals surface area contributed by atoms with E-state index in [9.17, 15) is 12.8 Å². The predicted molar refractivity (Wildman–Crippen MR) is 112 cm³/mol. The molecule has 1 aliphatic rings. The molecule has 3 aromatic rings. The molecule has 1 atom stereocenters. The second-order valence-electron chi connectivity index (χ2n) is 7.54. The van der Waals surface area contributed by atoms with Crippen molar-refractivity contribution in [1.82, 2.24) is 14.4 Å². The van der Waals surface area contributed by atoms with E-state index >= 15 is 0 Å². The Morgan fingerprint density at radius 2 is 2.03 bits per heavy atom. The lowest BCUT2D eigenvalue weighted by molar-refractivity contribution is 0.0199. The molecule has 0 radical (unpaired) electrons. The van der Waals surface area contributed by atoms with Gasteiger partial charge in [0.1, 0.15) is 5.82 Å². The molecule has 31 heavy (non-hydrogen) atoms. The highest BCUT2D eigenvalue weighted by Crippen LogP contribution is 2.25. The zero-order valence-corrected chi connectivity index (χ0v) is 18.0. The number of aromatic nitrogens is 2. The summed E-state index contributed by atoms with van der Waals surface area (Å²) >= 11 is 0. The van der Waals surface area contributed by atoms with Crippen molar-refractivity contribution in [2.45, 2.75) is 37.2 Å². The van der Waals surface area contributed by atoms with Gasteiger partial charge in [0.2, 0.25) is 10.0 Å².